The summed E-state index contributed by atoms with van der Waals surface area (Å²) in [5.74, 6) is 1.35. The van der Waals surface area contributed by atoms with Crippen molar-refractivity contribution in [2.24, 2.45) is 17.6 Å². The zero-order chi connectivity index (χ0) is 14.5. The van der Waals surface area contributed by atoms with Gasteiger partial charge in [0, 0.05) is 20.2 Å². The first-order valence-corrected chi connectivity index (χ1v) is 7.55. The predicted molar refractivity (Wildman–Crippen MR) is 81.4 cm³/mol. The van der Waals surface area contributed by atoms with E-state index in [1.54, 1.807) is 7.11 Å². The zero-order valence-electron chi connectivity index (χ0n) is 13.5. The highest BCUT2D eigenvalue weighted by molar-refractivity contribution is 4.96. The van der Waals surface area contributed by atoms with Gasteiger partial charge >= 0.3 is 0 Å². The van der Waals surface area contributed by atoms with E-state index in [0.29, 0.717) is 12.5 Å². The summed E-state index contributed by atoms with van der Waals surface area (Å²) in [7, 11) is 6.11. The third-order valence-corrected chi connectivity index (χ3v) is 4.69. The van der Waals surface area contributed by atoms with Gasteiger partial charge in [-0.3, -0.25) is 4.90 Å². The minimum Gasteiger partial charge on any atom is -0.383 e. The van der Waals surface area contributed by atoms with Gasteiger partial charge in [-0.15, -0.1) is 0 Å². The van der Waals surface area contributed by atoms with E-state index >= 15 is 0 Å². The molecule has 114 valence electrons. The van der Waals surface area contributed by atoms with Crippen LogP contribution in [0.3, 0.4) is 0 Å². The second kappa shape index (κ2) is 7.58. The monoisotopic (exact) mass is 271 g/mol. The molecule has 0 aromatic carbocycles. The molecule has 1 aliphatic heterocycles. The van der Waals surface area contributed by atoms with Crippen LogP contribution in [0.25, 0.3) is 0 Å². The van der Waals surface area contributed by atoms with Crippen molar-refractivity contribution in [1.29, 1.82) is 0 Å². The number of hydrogen-bond acceptors (Lipinski definition) is 4. The van der Waals surface area contributed by atoms with Gasteiger partial charge in [-0.2, -0.15) is 0 Å². The fourth-order valence-corrected chi connectivity index (χ4v) is 3.37. The molecule has 1 fully saturated rings. The standard InChI is InChI=1S/C15H33N3O/c1-13(2)15(11-16,12-19-5)18-8-6-14(7-9-18)10-17(3)4/h13-14H,6-12,16H2,1-5H3. The average molecular weight is 271 g/mol. The third-order valence-electron chi connectivity index (χ3n) is 4.69. The van der Waals surface area contributed by atoms with Crippen LogP contribution in [-0.4, -0.2) is 69.3 Å². The molecule has 4 nitrogen and oxygen atoms in total. The number of ether oxygens (including phenoxy) is 1. The van der Waals surface area contributed by atoms with Crippen LogP contribution in [0, 0.1) is 11.8 Å². The smallest absolute Gasteiger partial charge is 0.0661 e. The molecule has 1 atom stereocenters. The Bertz CT molecular complexity index is 250. The van der Waals surface area contributed by atoms with Crippen molar-refractivity contribution in [3.05, 3.63) is 0 Å². The quantitative estimate of drug-likeness (QED) is 0.757. The van der Waals surface area contributed by atoms with Gasteiger partial charge in [0.1, 0.15) is 0 Å². The van der Waals surface area contributed by atoms with Crippen LogP contribution in [0.15, 0.2) is 0 Å². The Hall–Kier alpha value is -0.160. The van der Waals surface area contributed by atoms with Crippen LogP contribution in [0.4, 0.5) is 0 Å². The van der Waals surface area contributed by atoms with Gasteiger partial charge in [0.2, 0.25) is 0 Å². The number of hydrogen-bond donors (Lipinski definition) is 1. The Balaban J connectivity index is 2.64. The zero-order valence-corrected chi connectivity index (χ0v) is 13.5. The van der Waals surface area contributed by atoms with Crippen molar-refractivity contribution in [3.8, 4) is 0 Å². The van der Waals surface area contributed by atoms with Crippen LogP contribution in [0.1, 0.15) is 26.7 Å². The van der Waals surface area contributed by atoms with Gasteiger partial charge in [-0.1, -0.05) is 13.8 Å². The topological polar surface area (TPSA) is 41.7 Å². The van der Waals surface area contributed by atoms with E-state index in [1.807, 2.05) is 0 Å². The highest BCUT2D eigenvalue weighted by Gasteiger charge is 2.40. The average Bonchev–Trinajstić information content (AvgIpc) is 2.36. The van der Waals surface area contributed by atoms with Crippen molar-refractivity contribution >= 4 is 0 Å². The van der Waals surface area contributed by atoms with Crippen molar-refractivity contribution in [1.82, 2.24) is 9.80 Å². The first-order valence-electron chi connectivity index (χ1n) is 7.55. The summed E-state index contributed by atoms with van der Waals surface area (Å²) in [4.78, 5) is 4.88. The number of piperidine rings is 1. The first kappa shape index (κ1) is 16.9. The minimum atomic E-state index is 0.0117. The van der Waals surface area contributed by atoms with E-state index in [0.717, 1.165) is 25.6 Å². The molecule has 1 rings (SSSR count). The fourth-order valence-electron chi connectivity index (χ4n) is 3.37. The van der Waals surface area contributed by atoms with Gasteiger partial charge < -0.3 is 15.4 Å². The Labute approximate surface area is 119 Å². The molecule has 0 spiro atoms. The summed E-state index contributed by atoms with van der Waals surface area (Å²) in [6.45, 7) is 9.44. The van der Waals surface area contributed by atoms with Gasteiger partial charge in [-0.05, 0) is 51.9 Å². The molecular formula is C15H33N3O. The van der Waals surface area contributed by atoms with Crippen LogP contribution in [0.2, 0.25) is 0 Å². The number of rotatable bonds is 7. The summed E-state index contributed by atoms with van der Waals surface area (Å²) >= 11 is 0. The molecule has 0 bridgehead atoms. The first-order chi connectivity index (χ1) is 8.96. The van der Waals surface area contributed by atoms with Crippen molar-refractivity contribution in [2.75, 3.05) is 54.0 Å². The number of methoxy groups -OCH3 is 1. The molecule has 4 heteroatoms. The molecule has 0 aromatic heterocycles. The molecular weight excluding hydrogens is 238 g/mol. The Kier molecular flexibility index (Phi) is 6.74. The molecule has 0 radical (unpaired) electrons. The Morgan fingerprint density at radius 3 is 2.26 bits per heavy atom. The molecule has 2 N–H and O–H groups in total. The number of likely N-dealkylation sites (tertiary alicyclic amines) is 1. The molecule has 1 unspecified atom stereocenters. The summed E-state index contributed by atoms with van der Waals surface area (Å²) < 4.78 is 5.47. The van der Waals surface area contributed by atoms with Gasteiger partial charge in [0.05, 0.1) is 12.1 Å². The normalized spacial score (nSPS) is 22.1. The van der Waals surface area contributed by atoms with Gasteiger partial charge in [0.25, 0.3) is 0 Å². The summed E-state index contributed by atoms with van der Waals surface area (Å²) in [6.07, 6.45) is 2.55. The number of nitrogens with two attached hydrogens (primary N) is 1. The highest BCUT2D eigenvalue weighted by Crippen LogP contribution is 2.30. The van der Waals surface area contributed by atoms with E-state index in [4.69, 9.17) is 10.5 Å². The second-order valence-corrected chi connectivity index (χ2v) is 6.59. The summed E-state index contributed by atoms with van der Waals surface area (Å²) in [5.41, 5.74) is 6.12. The number of nitrogens with zero attached hydrogens (tertiary/aromatic N) is 2. The molecule has 0 aliphatic carbocycles. The maximum absolute atomic E-state index is 6.11. The van der Waals surface area contributed by atoms with Crippen LogP contribution in [-0.2, 0) is 4.74 Å². The van der Waals surface area contributed by atoms with Crippen molar-refractivity contribution in [2.45, 2.75) is 32.2 Å². The molecule has 1 heterocycles. The SMILES string of the molecule is COCC(CN)(C(C)C)N1CCC(CN(C)C)CC1. The third kappa shape index (κ3) is 4.15. The lowest BCUT2D eigenvalue weighted by molar-refractivity contribution is -0.0345. The largest absolute Gasteiger partial charge is 0.383 e. The lowest BCUT2D eigenvalue weighted by atomic mass is 9.82. The van der Waals surface area contributed by atoms with Gasteiger partial charge in [0.15, 0.2) is 0 Å². The molecule has 0 aromatic rings. The van der Waals surface area contributed by atoms with Crippen LogP contribution >= 0.6 is 0 Å². The summed E-state index contributed by atoms with van der Waals surface area (Å²) in [5, 5.41) is 0. The molecule has 1 saturated heterocycles. The van der Waals surface area contributed by atoms with Crippen LogP contribution < -0.4 is 5.73 Å². The van der Waals surface area contributed by atoms with Crippen molar-refractivity contribution < 1.29 is 4.74 Å². The second-order valence-electron chi connectivity index (χ2n) is 6.59. The van der Waals surface area contributed by atoms with Gasteiger partial charge in [-0.25, -0.2) is 0 Å². The molecule has 0 amide bonds. The Morgan fingerprint density at radius 2 is 1.89 bits per heavy atom. The van der Waals surface area contributed by atoms with E-state index in [2.05, 4.69) is 37.7 Å². The highest BCUT2D eigenvalue weighted by atomic mass is 16.5. The molecule has 0 saturated carbocycles. The lowest BCUT2D eigenvalue weighted by Crippen LogP contribution is -2.62. The van der Waals surface area contributed by atoms with E-state index in [9.17, 15) is 0 Å². The lowest BCUT2D eigenvalue weighted by Gasteiger charge is -2.49. The van der Waals surface area contributed by atoms with Crippen LogP contribution in [0.5, 0.6) is 0 Å². The predicted octanol–water partition coefficient (Wildman–Crippen LogP) is 1.26. The molecule has 1 aliphatic rings. The fraction of sp³-hybridized carbons (Fsp3) is 1.00. The molecule has 19 heavy (non-hydrogen) atoms. The maximum atomic E-state index is 6.11. The summed E-state index contributed by atoms with van der Waals surface area (Å²) in [6, 6.07) is 0. The van der Waals surface area contributed by atoms with E-state index < -0.39 is 0 Å². The van der Waals surface area contributed by atoms with Crippen molar-refractivity contribution in [3.63, 3.8) is 0 Å². The van der Waals surface area contributed by atoms with E-state index in [-0.39, 0.29) is 5.54 Å². The minimum absolute atomic E-state index is 0.0117. The van der Waals surface area contributed by atoms with E-state index in [1.165, 1.54) is 19.4 Å². The Morgan fingerprint density at radius 1 is 1.32 bits per heavy atom. The maximum Gasteiger partial charge on any atom is 0.0661 e.